The minimum Gasteiger partial charge on any atom is -0.389 e. The minimum absolute atomic E-state index is 0.0906. The Hall–Kier alpha value is -2.52. The molecule has 2 aromatic heterocycles. The Balaban J connectivity index is 1.48. The minimum atomic E-state index is -1.04. The summed E-state index contributed by atoms with van der Waals surface area (Å²) in [7, 11) is 0. The summed E-state index contributed by atoms with van der Waals surface area (Å²) in [6.45, 7) is 7.58. The number of pyridine rings is 1. The summed E-state index contributed by atoms with van der Waals surface area (Å²) in [5.74, 6) is 0.349. The number of aliphatic hydroxyl groups is 1. The van der Waals surface area contributed by atoms with Crippen LogP contribution < -0.4 is 10.6 Å². The van der Waals surface area contributed by atoms with Gasteiger partial charge in [-0.3, -0.25) is 9.59 Å². The molecule has 3 N–H and O–H groups in total. The fourth-order valence-corrected chi connectivity index (χ4v) is 6.54. The lowest BCUT2D eigenvalue weighted by Crippen LogP contribution is -2.41. The van der Waals surface area contributed by atoms with Crippen molar-refractivity contribution >= 4 is 29.0 Å². The molecule has 2 bridgehead atoms. The van der Waals surface area contributed by atoms with Gasteiger partial charge in [-0.25, -0.2) is 9.97 Å². The van der Waals surface area contributed by atoms with E-state index in [1.54, 1.807) is 20.0 Å². The lowest BCUT2D eigenvalue weighted by molar-refractivity contribution is 0.0692. The Morgan fingerprint density at radius 2 is 1.89 bits per heavy atom. The Morgan fingerprint density at radius 3 is 2.43 bits per heavy atom. The van der Waals surface area contributed by atoms with Gasteiger partial charge in [-0.2, -0.15) is 0 Å². The van der Waals surface area contributed by atoms with E-state index in [2.05, 4.69) is 27.5 Å². The van der Waals surface area contributed by atoms with Crippen molar-refractivity contribution in [1.29, 1.82) is 0 Å². The van der Waals surface area contributed by atoms with Crippen molar-refractivity contribution in [3.05, 3.63) is 28.5 Å². The van der Waals surface area contributed by atoms with Crippen molar-refractivity contribution in [2.45, 2.75) is 95.9 Å². The fourth-order valence-electron chi connectivity index (χ4n) is 5.49. The monoisotopic (exact) mass is 497 g/mol. The van der Waals surface area contributed by atoms with Gasteiger partial charge in [-0.05, 0) is 84.3 Å². The van der Waals surface area contributed by atoms with Crippen LogP contribution in [0.5, 0.6) is 0 Å². The summed E-state index contributed by atoms with van der Waals surface area (Å²) < 4.78 is 0. The van der Waals surface area contributed by atoms with Gasteiger partial charge in [-0.1, -0.05) is 0 Å². The van der Waals surface area contributed by atoms with Crippen molar-refractivity contribution in [3.63, 3.8) is 0 Å². The number of anilines is 1. The number of amides is 2. The van der Waals surface area contributed by atoms with E-state index in [9.17, 15) is 14.7 Å². The van der Waals surface area contributed by atoms with E-state index >= 15 is 0 Å². The van der Waals surface area contributed by atoms with E-state index < -0.39 is 5.60 Å². The number of fused-ring (bicyclic) bond motifs is 2. The third-order valence-electron chi connectivity index (χ3n) is 7.64. The SMILES string of the molecule is Cc1cc(NC2(C)CCC2)ncc1-c1sc(C(=O)NCC(C)(C)O)nc1C(=O)N1C2CCC1CC2. The van der Waals surface area contributed by atoms with Crippen LogP contribution in [0.1, 0.15) is 91.6 Å². The van der Waals surface area contributed by atoms with Crippen LogP contribution in [0, 0.1) is 6.92 Å². The standard InChI is InChI=1S/C26H35N5O3S/c1-15-12-19(30-26(4)10-5-11-26)27-13-18(15)21-20(24(33)31-16-6-7-17(31)9-8-16)29-23(35-21)22(32)28-14-25(2,3)34/h12-13,16-17,34H,5-11,14H2,1-4H3,(H,27,30)(H,28,32). The number of thiazole rings is 1. The Kier molecular flexibility index (Phi) is 6.12. The molecule has 2 saturated heterocycles. The Labute approximate surface area is 210 Å². The van der Waals surface area contributed by atoms with Gasteiger partial charge in [0.25, 0.3) is 11.8 Å². The van der Waals surface area contributed by atoms with E-state index in [1.165, 1.54) is 17.8 Å². The van der Waals surface area contributed by atoms with E-state index in [1.807, 2.05) is 17.9 Å². The molecule has 0 atom stereocenters. The highest BCUT2D eigenvalue weighted by atomic mass is 32.1. The van der Waals surface area contributed by atoms with Crippen LogP contribution in [-0.4, -0.2) is 61.6 Å². The highest BCUT2D eigenvalue weighted by Gasteiger charge is 2.44. The van der Waals surface area contributed by atoms with Crippen LogP contribution in [0.4, 0.5) is 5.82 Å². The zero-order valence-corrected chi connectivity index (χ0v) is 21.8. The number of hydrogen-bond acceptors (Lipinski definition) is 7. The summed E-state index contributed by atoms with van der Waals surface area (Å²) in [5.41, 5.74) is 1.19. The summed E-state index contributed by atoms with van der Waals surface area (Å²) >= 11 is 1.22. The average Bonchev–Trinajstić information content (AvgIpc) is 3.50. The second-order valence-electron chi connectivity index (χ2n) is 11.3. The van der Waals surface area contributed by atoms with Crippen LogP contribution >= 0.6 is 11.3 Å². The van der Waals surface area contributed by atoms with Crippen LogP contribution in [-0.2, 0) is 0 Å². The van der Waals surface area contributed by atoms with Gasteiger partial charge in [0.2, 0.25) is 0 Å². The lowest BCUT2D eigenvalue weighted by Gasteiger charge is -2.39. The van der Waals surface area contributed by atoms with Gasteiger partial charge in [0.05, 0.1) is 10.5 Å². The number of hydrogen-bond donors (Lipinski definition) is 3. The maximum Gasteiger partial charge on any atom is 0.280 e. The molecule has 8 nitrogen and oxygen atoms in total. The molecule has 1 aliphatic carbocycles. The van der Waals surface area contributed by atoms with Gasteiger partial charge in [0.1, 0.15) is 11.5 Å². The van der Waals surface area contributed by atoms with Gasteiger partial charge in [0, 0.05) is 35.9 Å². The largest absolute Gasteiger partial charge is 0.389 e. The number of rotatable bonds is 7. The quantitative estimate of drug-likeness (QED) is 0.531. The molecule has 1 saturated carbocycles. The number of nitrogens with zero attached hydrogens (tertiary/aromatic N) is 3. The predicted octanol–water partition coefficient (Wildman–Crippen LogP) is 4.14. The summed E-state index contributed by atoms with van der Waals surface area (Å²) in [6, 6.07) is 2.55. The fraction of sp³-hybridized carbons (Fsp3) is 0.615. The molecular formula is C26H35N5O3S. The van der Waals surface area contributed by atoms with Crippen molar-refractivity contribution in [3.8, 4) is 10.4 Å². The van der Waals surface area contributed by atoms with E-state index in [0.717, 1.165) is 55.5 Å². The van der Waals surface area contributed by atoms with E-state index in [0.29, 0.717) is 10.6 Å². The molecule has 0 unspecified atom stereocenters. The molecule has 0 spiro atoms. The molecule has 0 radical (unpaired) electrons. The molecule has 9 heteroatoms. The first kappa shape index (κ1) is 24.2. The molecule has 2 amide bonds. The smallest absolute Gasteiger partial charge is 0.280 e. The van der Waals surface area contributed by atoms with Gasteiger partial charge < -0.3 is 20.6 Å². The summed E-state index contributed by atoms with van der Waals surface area (Å²) in [6.07, 6.45) is 9.42. The Morgan fingerprint density at radius 1 is 1.23 bits per heavy atom. The second kappa shape index (κ2) is 8.85. The second-order valence-corrected chi connectivity index (χ2v) is 12.3. The van der Waals surface area contributed by atoms with Crippen molar-refractivity contribution < 1.29 is 14.7 Å². The van der Waals surface area contributed by atoms with Crippen LogP contribution in [0.2, 0.25) is 0 Å². The maximum absolute atomic E-state index is 13.7. The first-order valence-electron chi connectivity index (χ1n) is 12.6. The molecule has 35 heavy (non-hydrogen) atoms. The van der Waals surface area contributed by atoms with Gasteiger partial charge in [0.15, 0.2) is 5.01 Å². The van der Waals surface area contributed by atoms with Crippen molar-refractivity contribution in [1.82, 2.24) is 20.2 Å². The highest BCUT2D eigenvalue weighted by Crippen LogP contribution is 2.41. The number of carbonyl (C=O) groups excluding carboxylic acids is 2. The molecule has 2 aromatic rings. The Bertz CT molecular complexity index is 1130. The number of aryl methyl sites for hydroxylation is 1. The normalized spacial score (nSPS) is 22.7. The molecule has 0 aromatic carbocycles. The predicted molar refractivity (Wildman–Crippen MR) is 137 cm³/mol. The first-order valence-corrected chi connectivity index (χ1v) is 13.4. The first-order chi connectivity index (χ1) is 16.5. The van der Waals surface area contributed by atoms with Crippen molar-refractivity contribution in [2.75, 3.05) is 11.9 Å². The third-order valence-corrected chi connectivity index (χ3v) is 8.72. The summed E-state index contributed by atoms with van der Waals surface area (Å²) in [5, 5.41) is 16.5. The number of nitrogens with one attached hydrogen (secondary N) is 2. The molecule has 3 fully saturated rings. The lowest BCUT2D eigenvalue weighted by atomic mass is 9.78. The zero-order valence-electron chi connectivity index (χ0n) is 21.0. The highest BCUT2D eigenvalue weighted by molar-refractivity contribution is 7.17. The van der Waals surface area contributed by atoms with E-state index in [4.69, 9.17) is 0 Å². The van der Waals surface area contributed by atoms with Gasteiger partial charge >= 0.3 is 0 Å². The molecular weight excluding hydrogens is 462 g/mol. The average molecular weight is 498 g/mol. The van der Waals surface area contributed by atoms with Crippen LogP contribution in [0.15, 0.2) is 12.3 Å². The third kappa shape index (κ3) is 4.80. The molecule has 2 aliphatic heterocycles. The van der Waals surface area contributed by atoms with Crippen LogP contribution in [0.25, 0.3) is 10.4 Å². The molecule has 188 valence electrons. The maximum atomic E-state index is 13.7. The zero-order chi connectivity index (χ0) is 25.0. The van der Waals surface area contributed by atoms with E-state index in [-0.39, 0.29) is 41.0 Å². The molecule has 3 aliphatic rings. The summed E-state index contributed by atoms with van der Waals surface area (Å²) in [4.78, 5) is 38.5. The van der Waals surface area contributed by atoms with Crippen LogP contribution in [0.3, 0.4) is 0 Å². The molecule has 5 rings (SSSR count). The van der Waals surface area contributed by atoms with Gasteiger partial charge in [-0.15, -0.1) is 11.3 Å². The topological polar surface area (TPSA) is 107 Å². The molecule has 4 heterocycles. The van der Waals surface area contributed by atoms with Crippen molar-refractivity contribution in [2.24, 2.45) is 0 Å². The number of carbonyl (C=O) groups is 2. The number of aromatic nitrogens is 2.